The van der Waals surface area contributed by atoms with Gasteiger partial charge in [0.1, 0.15) is 24.2 Å². The van der Waals surface area contributed by atoms with Gasteiger partial charge in [0.25, 0.3) is 0 Å². The first-order valence-corrected chi connectivity index (χ1v) is 14.5. The fraction of sp³-hybridized carbons (Fsp3) is 0.600. The van der Waals surface area contributed by atoms with Crippen LogP contribution in [0.3, 0.4) is 0 Å². The number of carbonyl (C=O) groups is 6. The minimum absolute atomic E-state index is 0.0837. The van der Waals surface area contributed by atoms with Crippen LogP contribution in [0.4, 0.5) is 0 Å². The maximum Gasteiger partial charge on any atom is 0.245 e. The number of amides is 6. The molecule has 5 N–H and O–H groups in total. The highest BCUT2D eigenvalue weighted by molar-refractivity contribution is 5.96. The highest BCUT2D eigenvalue weighted by atomic mass is 16.2. The Kier molecular flexibility index (Phi) is 13.4. The van der Waals surface area contributed by atoms with Crippen LogP contribution >= 0.6 is 0 Å². The number of hydrogen-bond acceptors (Lipinski definition) is 6. The van der Waals surface area contributed by atoms with E-state index in [-0.39, 0.29) is 50.1 Å². The zero-order valence-electron chi connectivity index (χ0n) is 25.5. The van der Waals surface area contributed by atoms with Crippen molar-refractivity contribution in [3.63, 3.8) is 0 Å². The van der Waals surface area contributed by atoms with Gasteiger partial charge in [-0.2, -0.15) is 0 Å². The van der Waals surface area contributed by atoms with Crippen molar-refractivity contribution in [2.45, 2.75) is 84.5 Å². The van der Waals surface area contributed by atoms with Gasteiger partial charge < -0.3 is 31.5 Å². The standard InChI is InChI=1S/C30H46N6O6/c1-18(2)15-24(37)33-22-13-10-14-31-25(38)17-36(6)30(42)23(16-21-11-8-7-9-12-21)34-27(39)20(5)32-29(41)26(19(3)4)35-28(22)40/h7-9,11-12,18-20,22-23,26H,10,13-17H2,1-6H3,(H,31,38)(H,32,41)(H,33,37)(H,34,39)(H,35,40)/t20-,22+,23+,26-/m1/s1. The minimum atomic E-state index is -1.03. The molecular weight excluding hydrogens is 540 g/mol. The van der Waals surface area contributed by atoms with E-state index in [0.717, 1.165) is 5.56 Å². The molecule has 6 amide bonds. The van der Waals surface area contributed by atoms with E-state index >= 15 is 0 Å². The molecule has 1 aromatic rings. The van der Waals surface area contributed by atoms with Crippen LogP contribution in [0, 0.1) is 11.8 Å². The molecular formula is C30H46N6O6. The van der Waals surface area contributed by atoms with Crippen molar-refractivity contribution < 1.29 is 28.8 Å². The molecule has 1 aliphatic heterocycles. The molecule has 1 fully saturated rings. The molecule has 0 radical (unpaired) electrons. The molecule has 0 unspecified atom stereocenters. The fourth-order valence-corrected chi connectivity index (χ4v) is 4.55. The predicted octanol–water partition coefficient (Wildman–Crippen LogP) is 0.259. The molecule has 232 valence electrons. The number of carbonyl (C=O) groups excluding carboxylic acids is 6. The topological polar surface area (TPSA) is 166 Å². The van der Waals surface area contributed by atoms with Crippen LogP contribution in [0.2, 0.25) is 0 Å². The molecule has 0 aromatic heterocycles. The Morgan fingerprint density at radius 2 is 1.62 bits per heavy atom. The van der Waals surface area contributed by atoms with E-state index in [1.165, 1.54) is 18.9 Å². The zero-order chi connectivity index (χ0) is 31.4. The number of hydrogen-bond donors (Lipinski definition) is 5. The lowest BCUT2D eigenvalue weighted by Crippen LogP contribution is -2.59. The third kappa shape index (κ3) is 11.1. The second-order valence-corrected chi connectivity index (χ2v) is 11.6. The summed E-state index contributed by atoms with van der Waals surface area (Å²) in [6.07, 6.45) is 1.00. The minimum Gasteiger partial charge on any atom is -0.355 e. The Morgan fingerprint density at radius 1 is 0.952 bits per heavy atom. The molecule has 1 aliphatic rings. The van der Waals surface area contributed by atoms with Crippen LogP contribution in [-0.4, -0.2) is 84.6 Å². The summed E-state index contributed by atoms with van der Waals surface area (Å²) < 4.78 is 0. The number of rotatable bonds is 6. The molecule has 12 heteroatoms. The van der Waals surface area contributed by atoms with E-state index in [2.05, 4.69) is 26.6 Å². The largest absolute Gasteiger partial charge is 0.355 e. The third-order valence-corrected chi connectivity index (χ3v) is 6.89. The van der Waals surface area contributed by atoms with Crippen LogP contribution in [0.25, 0.3) is 0 Å². The predicted molar refractivity (Wildman–Crippen MR) is 158 cm³/mol. The molecule has 42 heavy (non-hydrogen) atoms. The van der Waals surface area contributed by atoms with E-state index in [1.807, 2.05) is 44.2 Å². The Hall–Kier alpha value is -3.96. The van der Waals surface area contributed by atoms with E-state index in [1.54, 1.807) is 13.8 Å². The van der Waals surface area contributed by atoms with Crippen molar-refractivity contribution in [3.8, 4) is 0 Å². The van der Waals surface area contributed by atoms with Crippen molar-refractivity contribution in [1.29, 1.82) is 0 Å². The summed E-state index contributed by atoms with van der Waals surface area (Å²) in [4.78, 5) is 79.4. The van der Waals surface area contributed by atoms with Crippen molar-refractivity contribution in [2.24, 2.45) is 11.8 Å². The average molecular weight is 587 g/mol. The molecule has 1 saturated heterocycles. The first-order valence-electron chi connectivity index (χ1n) is 14.5. The summed E-state index contributed by atoms with van der Waals surface area (Å²) in [6, 6.07) is 5.23. The van der Waals surface area contributed by atoms with E-state index in [4.69, 9.17) is 0 Å². The summed E-state index contributed by atoms with van der Waals surface area (Å²) in [5, 5.41) is 13.6. The van der Waals surface area contributed by atoms with Gasteiger partial charge in [0.15, 0.2) is 0 Å². The van der Waals surface area contributed by atoms with Gasteiger partial charge in [0, 0.05) is 26.4 Å². The highest BCUT2D eigenvalue weighted by Crippen LogP contribution is 2.09. The van der Waals surface area contributed by atoms with Crippen LogP contribution in [0.5, 0.6) is 0 Å². The van der Waals surface area contributed by atoms with Gasteiger partial charge in [-0.15, -0.1) is 0 Å². The maximum atomic E-state index is 13.4. The summed E-state index contributed by atoms with van der Waals surface area (Å²) >= 11 is 0. The lowest BCUT2D eigenvalue weighted by atomic mass is 10.0. The fourth-order valence-electron chi connectivity index (χ4n) is 4.55. The lowest BCUT2D eigenvalue weighted by Gasteiger charge is -2.28. The first kappa shape index (κ1) is 34.2. The number of likely N-dealkylation sites (N-methyl/N-ethyl adjacent to an activating group) is 1. The maximum absolute atomic E-state index is 13.4. The normalized spacial score (nSPS) is 23.8. The monoisotopic (exact) mass is 586 g/mol. The van der Waals surface area contributed by atoms with E-state index < -0.39 is 53.7 Å². The zero-order valence-corrected chi connectivity index (χ0v) is 25.5. The summed E-state index contributed by atoms with van der Waals surface area (Å²) in [6.45, 7) is 8.75. The quantitative estimate of drug-likeness (QED) is 0.321. The van der Waals surface area contributed by atoms with Gasteiger partial charge in [-0.05, 0) is 37.2 Å². The van der Waals surface area contributed by atoms with Gasteiger partial charge in [0.05, 0.1) is 6.54 Å². The van der Waals surface area contributed by atoms with Crippen LogP contribution in [0.1, 0.15) is 59.4 Å². The van der Waals surface area contributed by atoms with Crippen LogP contribution < -0.4 is 26.6 Å². The Morgan fingerprint density at radius 3 is 2.24 bits per heavy atom. The number of benzene rings is 1. The summed E-state index contributed by atoms with van der Waals surface area (Å²) in [7, 11) is 1.48. The summed E-state index contributed by atoms with van der Waals surface area (Å²) in [5.41, 5.74) is 0.811. The van der Waals surface area contributed by atoms with E-state index in [9.17, 15) is 28.8 Å². The third-order valence-electron chi connectivity index (χ3n) is 6.89. The Labute approximate surface area is 248 Å². The second-order valence-electron chi connectivity index (χ2n) is 11.6. The molecule has 1 aromatic carbocycles. The Balaban J connectivity index is 2.32. The second kappa shape index (κ2) is 16.5. The number of nitrogens with zero attached hydrogens (tertiary/aromatic N) is 1. The lowest BCUT2D eigenvalue weighted by molar-refractivity contribution is -0.139. The van der Waals surface area contributed by atoms with Gasteiger partial charge in [0.2, 0.25) is 35.4 Å². The SMILES string of the molecule is CC(C)CC(=O)N[C@H]1CCCNC(=O)CN(C)C(=O)[C@H](Cc2ccccc2)NC(=O)[C@@H](C)NC(=O)[C@@H](C(C)C)NC1=O. The average Bonchev–Trinajstić information content (AvgIpc) is 2.91. The first-order chi connectivity index (χ1) is 19.8. The molecule has 0 saturated carbocycles. The van der Waals surface area contributed by atoms with Gasteiger partial charge >= 0.3 is 0 Å². The van der Waals surface area contributed by atoms with Crippen molar-refractivity contribution in [1.82, 2.24) is 31.5 Å². The van der Waals surface area contributed by atoms with Crippen LogP contribution in [0.15, 0.2) is 30.3 Å². The van der Waals surface area contributed by atoms with Crippen molar-refractivity contribution in [3.05, 3.63) is 35.9 Å². The van der Waals surface area contributed by atoms with E-state index in [0.29, 0.717) is 6.42 Å². The van der Waals surface area contributed by atoms with Gasteiger partial charge in [-0.1, -0.05) is 58.0 Å². The molecule has 0 spiro atoms. The molecule has 4 atom stereocenters. The van der Waals surface area contributed by atoms with Crippen LogP contribution in [-0.2, 0) is 35.2 Å². The van der Waals surface area contributed by atoms with Gasteiger partial charge in [-0.3, -0.25) is 28.8 Å². The van der Waals surface area contributed by atoms with Crippen molar-refractivity contribution in [2.75, 3.05) is 20.1 Å². The smallest absolute Gasteiger partial charge is 0.245 e. The number of nitrogens with one attached hydrogen (secondary N) is 5. The molecule has 0 bridgehead atoms. The highest BCUT2D eigenvalue weighted by Gasteiger charge is 2.32. The molecule has 12 nitrogen and oxygen atoms in total. The Bertz CT molecular complexity index is 1110. The van der Waals surface area contributed by atoms with Crippen molar-refractivity contribution >= 4 is 35.4 Å². The summed E-state index contributed by atoms with van der Waals surface area (Å²) in [5.74, 6) is -3.09. The molecule has 1 heterocycles. The molecule has 0 aliphatic carbocycles. The molecule has 2 rings (SSSR count). The van der Waals surface area contributed by atoms with Gasteiger partial charge in [-0.25, -0.2) is 0 Å².